The molecule has 2 unspecified atom stereocenters. The van der Waals surface area contributed by atoms with Crippen molar-refractivity contribution in [2.75, 3.05) is 14.2 Å². The number of benzene rings is 1. The second-order valence-electron chi connectivity index (χ2n) is 5.66. The van der Waals surface area contributed by atoms with Gasteiger partial charge in [-0.1, -0.05) is 18.2 Å². The van der Waals surface area contributed by atoms with Crippen molar-refractivity contribution in [3.63, 3.8) is 0 Å². The van der Waals surface area contributed by atoms with Crippen molar-refractivity contribution < 1.29 is 14.3 Å². The largest absolute Gasteiger partial charge is 0.493 e. The highest BCUT2D eigenvalue weighted by atomic mass is 16.5. The van der Waals surface area contributed by atoms with E-state index >= 15 is 0 Å². The molecule has 0 radical (unpaired) electrons. The SMILES string of the molecule is COc1ccc(/C=C/C(=O)N2C3C=CCC2CC3)cc1OC. The van der Waals surface area contributed by atoms with Crippen molar-refractivity contribution in [3.8, 4) is 11.5 Å². The number of nitrogens with zero attached hydrogens (tertiary/aromatic N) is 1. The highest BCUT2D eigenvalue weighted by Crippen LogP contribution is 2.32. The fourth-order valence-corrected chi connectivity index (χ4v) is 3.28. The molecule has 2 atom stereocenters. The Hall–Kier alpha value is -2.23. The molecule has 0 aromatic heterocycles. The van der Waals surface area contributed by atoms with Gasteiger partial charge in [-0.25, -0.2) is 0 Å². The van der Waals surface area contributed by atoms with Gasteiger partial charge in [0.1, 0.15) is 0 Å². The fraction of sp³-hybridized carbons (Fsp3) is 0.389. The number of rotatable bonds is 4. The van der Waals surface area contributed by atoms with E-state index in [1.807, 2.05) is 29.2 Å². The molecule has 22 heavy (non-hydrogen) atoms. The summed E-state index contributed by atoms with van der Waals surface area (Å²) in [5.74, 6) is 1.44. The third-order valence-electron chi connectivity index (χ3n) is 4.39. The molecule has 1 aromatic carbocycles. The first-order valence-electron chi connectivity index (χ1n) is 7.62. The van der Waals surface area contributed by atoms with E-state index in [9.17, 15) is 4.79 Å². The van der Waals surface area contributed by atoms with Crippen LogP contribution in [0.2, 0.25) is 0 Å². The van der Waals surface area contributed by atoms with E-state index in [2.05, 4.69) is 12.2 Å². The predicted octanol–water partition coefficient (Wildman–Crippen LogP) is 3.04. The van der Waals surface area contributed by atoms with E-state index in [1.54, 1.807) is 20.3 Å². The Morgan fingerprint density at radius 1 is 1.23 bits per heavy atom. The number of carbonyl (C=O) groups excluding carboxylic acids is 1. The molecule has 116 valence electrons. The summed E-state index contributed by atoms with van der Waals surface area (Å²) < 4.78 is 10.5. The Balaban J connectivity index is 1.74. The van der Waals surface area contributed by atoms with Gasteiger partial charge in [-0.3, -0.25) is 4.79 Å². The second-order valence-corrected chi connectivity index (χ2v) is 5.66. The lowest BCUT2D eigenvalue weighted by Crippen LogP contribution is -2.41. The summed E-state index contributed by atoms with van der Waals surface area (Å²) in [4.78, 5) is 14.5. The Morgan fingerprint density at radius 2 is 2.05 bits per heavy atom. The Bertz CT molecular complexity index is 621. The maximum Gasteiger partial charge on any atom is 0.247 e. The minimum Gasteiger partial charge on any atom is -0.493 e. The topological polar surface area (TPSA) is 38.8 Å². The van der Waals surface area contributed by atoms with Gasteiger partial charge in [0, 0.05) is 12.1 Å². The van der Waals surface area contributed by atoms with E-state index in [1.165, 1.54) is 0 Å². The summed E-state index contributed by atoms with van der Waals surface area (Å²) in [6.45, 7) is 0. The molecular formula is C18H21NO3. The summed E-state index contributed by atoms with van der Waals surface area (Å²) in [6, 6.07) is 6.28. The van der Waals surface area contributed by atoms with Gasteiger partial charge in [0.05, 0.1) is 20.3 Å². The Morgan fingerprint density at radius 3 is 2.77 bits per heavy atom. The van der Waals surface area contributed by atoms with Gasteiger partial charge in [-0.15, -0.1) is 0 Å². The molecule has 0 saturated carbocycles. The third kappa shape index (κ3) is 2.73. The maximum atomic E-state index is 12.5. The van der Waals surface area contributed by atoms with Crippen LogP contribution in [-0.4, -0.2) is 37.1 Å². The lowest BCUT2D eigenvalue weighted by atomic mass is 10.1. The quantitative estimate of drug-likeness (QED) is 0.633. The first-order chi connectivity index (χ1) is 10.7. The van der Waals surface area contributed by atoms with Crippen LogP contribution in [0.5, 0.6) is 11.5 Å². The smallest absolute Gasteiger partial charge is 0.247 e. The van der Waals surface area contributed by atoms with Gasteiger partial charge in [0.2, 0.25) is 5.91 Å². The highest BCUT2D eigenvalue weighted by Gasteiger charge is 2.35. The van der Waals surface area contributed by atoms with E-state index in [-0.39, 0.29) is 11.9 Å². The van der Waals surface area contributed by atoms with E-state index in [0.717, 1.165) is 24.8 Å². The van der Waals surface area contributed by atoms with Gasteiger partial charge in [-0.2, -0.15) is 0 Å². The average molecular weight is 299 g/mol. The van der Waals surface area contributed by atoms with E-state index in [0.29, 0.717) is 17.5 Å². The molecule has 2 aliphatic rings. The van der Waals surface area contributed by atoms with Gasteiger partial charge in [0.15, 0.2) is 11.5 Å². The van der Waals surface area contributed by atoms with Crippen molar-refractivity contribution in [2.45, 2.75) is 31.3 Å². The molecule has 4 nitrogen and oxygen atoms in total. The molecule has 3 rings (SSSR count). The Labute approximate surface area is 131 Å². The van der Waals surface area contributed by atoms with Crippen LogP contribution in [0.4, 0.5) is 0 Å². The van der Waals surface area contributed by atoms with E-state index < -0.39 is 0 Å². The third-order valence-corrected chi connectivity index (χ3v) is 4.39. The zero-order chi connectivity index (χ0) is 15.5. The molecule has 1 fully saturated rings. The Kier molecular flexibility index (Phi) is 4.18. The van der Waals surface area contributed by atoms with Crippen LogP contribution in [0.15, 0.2) is 36.4 Å². The van der Waals surface area contributed by atoms with Crippen molar-refractivity contribution in [1.29, 1.82) is 0 Å². The summed E-state index contributed by atoms with van der Waals surface area (Å²) in [7, 11) is 3.21. The van der Waals surface area contributed by atoms with Crippen LogP contribution in [-0.2, 0) is 4.79 Å². The summed E-state index contributed by atoms with van der Waals surface area (Å²) >= 11 is 0. The summed E-state index contributed by atoms with van der Waals surface area (Å²) in [5, 5.41) is 0. The lowest BCUT2D eigenvalue weighted by molar-refractivity contribution is -0.128. The van der Waals surface area contributed by atoms with Crippen LogP contribution in [0, 0.1) is 0 Å². The highest BCUT2D eigenvalue weighted by molar-refractivity contribution is 5.92. The number of ether oxygens (including phenoxy) is 2. The predicted molar refractivity (Wildman–Crippen MR) is 86.0 cm³/mol. The molecule has 0 N–H and O–H groups in total. The molecule has 0 spiro atoms. The summed E-state index contributed by atoms with van der Waals surface area (Å²) in [5.41, 5.74) is 0.922. The zero-order valence-electron chi connectivity index (χ0n) is 13.0. The standard InChI is InChI=1S/C18H21NO3/c1-21-16-10-6-13(12-17(16)22-2)7-11-18(20)19-14-4-3-5-15(19)9-8-14/h3-4,6-7,10-12,14-15H,5,8-9H2,1-2H3/b11-7+. The average Bonchev–Trinajstić information content (AvgIpc) is 2.81. The molecule has 2 bridgehead atoms. The zero-order valence-corrected chi connectivity index (χ0v) is 13.0. The number of carbonyl (C=O) groups is 1. The molecule has 1 saturated heterocycles. The van der Waals surface area contributed by atoms with Gasteiger partial charge in [0.25, 0.3) is 0 Å². The van der Waals surface area contributed by atoms with Crippen LogP contribution < -0.4 is 9.47 Å². The van der Waals surface area contributed by atoms with E-state index in [4.69, 9.17) is 9.47 Å². The lowest BCUT2D eigenvalue weighted by Gasteiger charge is -2.30. The summed E-state index contributed by atoms with van der Waals surface area (Å²) in [6.07, 6.45) is 11.0. The number of methoxy groups -OCH3 is 2. The van der Waals surface area contributed by atoms with Crippen molar-refractivity contribution in [3.05, 3.63) is 42.0 Å². The van der Waals surface area contributed by atoms with Crippen molar-refractivity contribution in [1.82, 2.24) is 4.90 Å². The number of amides is 1. The number of fused-ring (bicyclic) bond motifs is 2. The molecule has 1 aromatic rings. The molecule has 1 amide bonds. The van der Waals surface area contributed by atoms with Crippen LogP contribution in [0.25, 0.3) is 6.08 Å². The van der Waals surface area contributed by atoms with Crippen LogP contribution >= 0.6 is 0 Å². The first-order valence-corrected chi connectivity index (χ1v) is 7.62. The molecule has 0 aliphatic carbocycles. The molecule has 4 heteroatoms. The van der Waals surface area contributed by atoms with Gasteiger partial charge < -0.3 is 14.4 Å². The fourth-order valence-electron chi connectivity index (χ4n) is 3.28. The normalized spacial score (nSPS) is 23.1. The minimum absolute atomic E-state index is 0.0895. The first kappa shape index (κ1) is 14.7. The maximum absolute atomic E-state index is 12.5. The van der Waals surface area contributed by atoms with Crippen molar-refractivity contribution >= 4 is 12.0 Å². The van der Waals surface area contributed by atoms with Crippen molar-refractivity contribution in [2.24, 2.45) is 0 Å². The molecular weight excluding hydrogens is 278 g/mol. The number of hydrogen-bond donors (Lipinski definition) is 0. The molecule has 2 aliphatic heterocycles. The van der Waals surface area contributed by atoms with Gasteiger partial charge in [-0.05, 0) is 43.0 Å². The monoisotopic (exact) mass is 299 g/mol. The second kappa shape index (κ2) is 6.26. The minimum atomic E-state index is 0.0895. The van der Waals surface area contributed by atoms with Crippen LogP contribution in [0.3, 0.4) is 0 Å². The van der Waals surface area contributed by atoms with Crippen LogP contribution in [0.1, 0.15) is 24.8 Å². The molecule has 2 heterocycles. The van der Waals surface area contributed by atoms with Gasteiger partial charge >= 0.3 is 0 Å². The number of hydrogen-bond acceptors (Lipinski definition) is 3.